The Morgan fingerprint density at radius 1 is 1.41 bits per heavy atom. The minimum absolute atomic E-state index is 0.0723. The number of halogens is 1. The first-order valence-electron chi connectivity index (χ1n) is 7.60. The third-order valence-corrected chi connectivity index (χ3v) is 4.26. The van der Waals surface area contributed by atoms with E-state index in [0.717, 1.165) is 37.3 Å². The highest BCUT2D eigenvalue weighted by molar-refractivity contribution is 5.78. The molecule has 1 aliphatic heterocycles. The standard InChI is InChI=1S/C17H20FN3O/c1-20(17(22)10-13-2-5-15(18)6-3-13)11-14-4-7-16-19-8-9-21(16)12-14/h2-3,5-6,8-9,14H,4,7,10-12H2,1H3/t14-/m0/s1. The van der Waals surface area contributed by atoms with E-state index in [1.165, 1.54) is 12.1 Å². The van der Waals surface area contributed by atoms with Crippen molar-refractivity contribution in [1.29, 1.82) is 0 Å². The van der Waals surface area contributed by atoms with Gasteiger partial charge in [-0.15, -0.1) is 0 Å². The number of nitrogens with zero attached hydrogens (tertiary/aromatic N) is 3. The molecule has 1 aromatic carbocycles. The summed E-state index contributed by atoms with van der Waals surface area (Å²) < 4.78 is 15.1. The molecule has 1 amide bonds. The molecule has 22 heavy (non-hydrogen) atoms. The van der Waals surface area contributed by atoms with Gasteiger partial charge >= 0.3 is 0 Å². The number of hydrogen-bond donors (Lipinski definition) is 0. The Bertz CT molecular complexity index is 650. The number of aryl methyl sites for hydroxylation is 1. The highest BCUT2D eigenvalue weighted by atomic mass is 19.1. The van der Waals surface area contributed by atoms with Gasteiger partial charge in [0, 0.05) is 39.0 Å². The number of imidazole rings is 1. The fourth-order valence-corrected chi connectivity index (χ4v) is 2.99. The minimum Gasteiger partial charge on any atom is -0.345 e. The summed E-state index contributed by atoms with van der Waals surface area (Å²) in [5.41, 5.74) is 0.846. The van der Waals surface area contributed by atoms with Gasteiger partial charge in [-0.3, -0.25) is 4.79 Å². The van der Waals surface area contributed by atoms with Gasteiger partial charge in [0.1, 0.15) is 11.6 Å². The number of amides is 1. The zero-order chi connectivity index (χ0) is 15.5. The Labute approximate surface area is 129 Å². The van der Waals surface area contributed by atoms with E-state index in [1.807, 2.05) is 19.4 Å². The summed E-state index contributed by atoms with van der Waals surface area (Å²) >= 11 is 0. The maximum atomic E-state index is 12.9. The van der Waals surface area contributed by atoms with Crippen molar-refractivity contribution in [2.24, 2.45) is 5.92 Å². The average molecular weight is 301 g/mol. The lowest BCUT2D eigenvalue weighted by Crippen LogP contribution is -2.36. The molecular formula is C17H20FN3O. The molecule has 0 saturated heterocycles. The average Bonchev–Trinajstić information content (AvgIpc) is 2.97. The molecule has 0 radical (unpaired) electrons. The van der Waals surface area contributed by atoms with Crippen molar-refractivity contribution < 1.29 is 9.18 Å². The third-order valence-electron chi connectivity index (χ3n) is 4.26. The SMILES string of the molecule is CN(C[C@@H]1CCc2nccn2C1)C(=O)Cc1ccc(F)cc1. The van der Waals surface area contributed by atoms with Crippen molar-refractivity contribution in [1.82, 2.24) is 14.5 Å². The topological polar surface area (TPSA) is 38.1 Å². The lowest BCUT2D eigenvalue weighted by molar-refractivity contribution is -0.129. The van der Waals surface area contributed by atoms with E-state index in [0.29, 0.717) is 12.3 Å². The van der Waals surface area contributed by atoms with Gasteiger partial charge in [0.2, 0.25) is 5.91 Å². The number of carbonyl (C=O) groups is 1. The molecular weight excluding hydrogens is 281 g/mol. The lowest BCUT2D eigenvalue weighted by Gasteiger charge is -2.28. The quantitative estimate of drug-likeness (QED) is 0.869. The first kappa shape index (κ1) is 14.8. The molecule has 2 heterocycles. The molecule has 1 atom stereocenters. The zero-order valence-electron chi connectivity index (χ0n) is 12.7. The van der Waals surface area contributed by atoms with Gasteiger partial charge in [0.15, 0.2) is 0 Å². The number of carbonyl (C=O) groups excluding carboxylic acids is 1. The maximum Gasteiger partial charge on any atom is 0.226 e. The van der Waals surface area contributed by atoms with E-state index in [9.17, 15) is 9.18 Å². The fraction of sp³-hybridized carbons (Fsp3) is 0.412. The molecule has 1 aromatic heterocycles. The monoisotopic (exact) mass is 301 g/mol. The predicted molar refractivity (Wildman–Crippen MR) is 81.8 cm³/mol. The van der Waals surface area contributed by atoms with Gasteiger partial charge < -0.3 is 9.47 Å². The first-order valence-corrected chi connectivity index (χ1v) is 7.60. The van der Waals surface area contributed by atoms with Gasteiger partial charge in [-0.05, 0) is 30.0 Å². The van der Waals surface area contributed by atoms with Crippen molar-refractivity contribution in [2.45, 2.75) is 25.8 Å². The Hall–Kier alpha value is -2.17. The highest BCUT2D eigenvalue weighted by Crippen LogP contribution is 2.19. The van der Waals surface area contributed by atoms with Gasteiger partial charge in [-0.2, -0.15) is 0 Å². The van der Waals surface area contributed by atoms with E-state index in [-0.39, 0.29) is 11.7 Å². The van der Waals surface area contributed by atoms with Crippen molar-refractivity contribution in [3.05, 3.63) is 53.9 Å². The second-order valence-corrected chi connectivity index (χ2v) is 5.98. The van der Waals surface area contributed by atoms with Crippen LogP contribution in [0.25, 0.3) is 0 Å². The van der Waals surface area contributed by atoms with E-state index < -0.39 is 0 Å². The molecule has 0 spiro atoms. The predicted octanol–water partition coefficient (Wildman–Crippen LogP) is 2.29. The number of hydrogen-bond acceptors (Lipinski definition) is 2. The largest absolute Gasteiger partial charge is 0.345 e. The molecule has 0 bridgehead atoms. The third kappa shape index (κ3) is 3.35. The van der Waals surface area contributed by atoms with Gasteiger partial charge in [0.05, 0.1) is 6.42 Å². The summed E-state index contributed by atoms with van der Waals surface area (Å²) in [6.07, 6.45) is 6.19. The van der Waals surface area contributed by atoms with Crippen molar-refractivity contribution >= 4 is 5.91 Å². The number of likely N-dealkylation sites (N-methyl/N-ethyl adjacent to an activating group) is 1. The van der Waals surface area contributed by atoms with E-state index in [1.54, 1.807) is 17.0 Å². The number of rotatable bonds is 4. The zero-order valence-corrected chi connectivity index (χ0v) is 12.7. The minimum atomic E-state index is -0.275. The van der Waals surface area contributed by atoms with Gasteiger partial charge in [0.25, 0.3) is 0 Å². The number of aromatic nitrogens is 2. The lowest BCUT2D eigenvalue weighted by atomic mass is 9.98. The van der Waals surface area contributed by atoms with E-state index >= 15 is 0 Å². The number of benzene rings is 1. The van der Waals surface area contributed by atoms with Crippen LogP contribution in [-0.4, -0.2) is 34.0 Å². The van der Waals surface area contributed by atoms with Crippen LogP contribution in [0.5, 0.6) is 0 Å². The molecule has 0 fully saturated rings. The van der Waals surface area contributed by atoms with E-state index in [2.05, 4.69) is 9.55 Å². The van der Waals surface area contributed by atoms with Crippen LogP contribution < -0.4 is 0 Å². The molecule has 0 saturated carbocycles. The number of fused-ring (bicyclic) bond motifs is 1. The molecule has 0 N–H and O–H groups in total. The molecule has 5 heteroatoms. The smallest absolute Gasteiger partial charge is 0.226 e. The van der Waals surface area contributed by atoms with Crippen LogP contribution in [0.2, 0.25) is 0 Å². The van der Waals surface area contributed by atoms with Crippen LogP contribution in [0, 0.1) is 11.7 Å². The summed E-state index contributed by atoms with van der Waals surface area (Å²) in [6, 6.07) is 6.12. The molecule has 2 aromatic rings. The molecule has 0 aliphatic carbocycles. The highest BCUT2D eigenvalue weighted by Gasteiger charge is 2.21. The summed E-state index contributed by atoms with van der Waals surface area (Å²) in [5, 5.41) is 0. The fourth-order valence-electron chi connectivity index (χ4n) is 2.99. The Morgan fingerprint density at radius 3 is 2.95 bits per heavy atom. The molecule has 1 aliphatic rings. The molecule has 3 rings (SSSR count). The van der Waals surface area contributed by atoms with Crippen LogP contribution >= 0.6 is 0 Å². The van der Waals surface area contributed by atoms with Crippen molar-refractivity contribution in [3.8, 4) is 0 Å². The Balaban J connectivity index is 1.54. The van der Waals surface area contributed by atoms with Crippen LogP contribution in [0.4, 0.5) is 4.39 Å². The maximum absolute atomic E-state index is 12.9. The van der Waals surface area contributed by atoms with Gasteiger partial charge in [-0.1, -0.05) is 12.1 Å². The molecule has 116 valence electrons. The second kappa shape index (κ2) is 6.30. The first-order chi connectivity index (χ1) is 10.6. The van der Waals surface area contributed by atoms with Crippen LogP contribution in [0.1, 0.15) is 17.8 Å². The van der Waals surface area contributed by atoms with Crippen LogP contribution in [-0.2, 0) is 24.2 Å². The normalized spacial score (nSPS) is 17.1. The molecule has 0 unspecified atom stereocenters. The summed E-state index contributed by atoms with van der Waals surface area (Å²) in [6.45, 7) is 1.67. The second-order valence-electron chi connectivity index (χ2n) is 5.98. The Kier molecular flexibility index (Phi) is 4.22. The van der Waals surface area contributed by atoms with Crippen LogP contribution in [0.15, 0.2) is 36.7 Å². The summed E-state index contributed by atoms with van der Waals surface area (Å²) in [5.74, 6) is 1.39. The van der Waals surface area contributed by atoms with Crippen molar-refractivity contribution in [3.63, 3.8) is 0 Å². The van der Waals surface area contributed by atoms with E-state index in [4.69, 9.17) is 0 Å². The van der Waals surface area contributed by atoms with Crippen molar-refractivity contribution in [2.75, 3.05) is 13.6 Å². The van der Waals surface area contributed by atoms with Crippen LogP contribution in [0.3, 0.4) is 0 Å². The molecule has 4 nitrogen and oxygen atoms in total. The Morgan fingerprint density at radius 2 is 2.18 bits per heavy atom. The van der Waals surface area contributed by atoms with Gasteiger partial charge in [-0.25, -0.2) is 9.37 Å². The summed E-state index contributed by atoms with van der Waals surface area (Å²) in [7, 11) is 1.84. The summed E-state index contributed by atoms with van der Waals surface area (Å²) in [4.78, 5) is 18.4.